The molecule has 14 heavy (non-hydrogen) atoms. The predicted molar refractivity (Wildman–Crippen MR) is 59.4 cm³/mol. The van der Waals surface area contributed by atoms with Crippen LogP contribution in [-0.4, -0.2) is 25.5 Å². The second-order valence-corrected chi connectivity index (χ2v) is 4.16. The molecule has 0 bridgehead atoms. The van der Waals surface area contributed by atoms with Crippen molar-refractivity contribution in [3.8, 4) is 0 Å². The Kier molecular flexibility index (Phi) is 2.72. The fourth-order valence-corrected chi connectivity index (χ4v) is 1.78. The van der Waals surface area contributed by atoms with Gasteiger partial charge >= 0.3 is 0 Å². The average molecular weight is 255 g/mol. The third-order valence-corrected chi connectivity index (χ3v) is 2.76. The number of rotatable bonds is 1. The summed E-state index contributed by atoms with van der Waals surface area (Å²) in [5.41, 5.74) is 1.10. The molecule has 0 saturated carbocycles. The SMILES string of the molecule is O=C1CN(c2ccc(Br)cc2)CCN1. The average Bonchev–Trinajstić information content (AvgIpc) is 2.19. The second-order valence-electron chi connectivity index (χ2n) is 3.25. The first-order valence-corrected chi connectivity index (χ1v) is 5.32. The topological polar surface area (TPSA) is 32.3 Å². The molecule has 0 spiro atoms. The number of anilines is 1. The molecule has 1 saturated heterocycles. The van der Waals surface area contributed by atoms with E-state index < -0.39 is 0 Å². The molecule has 0 aromatic heterocycles. The maximum absolute atomic E-state index is 11.2. The minimum absolute atomic E-state index is 0.0965. The molecule has 1 fully saturated rings. The molecule has 0 radical (unpaired) electrons. The lowest BCUT2D eigenvalue weighted by atomic mass is 10.2. The zero-order valence-corrected chi connectivity index (χ0v) is 9.25. The van der Waals surface area contributed by atoms with Crippen molar-refractivity contribution in [2.45, 2.75) is 0 Å². The molecule has 3 nitrogen and oxygen atoms in total. The van der Waals surface area contributed by atoms with E-state index >= 15 is 0 Å². The van der Waals surface area contributed by atoms with Gasteiger partial charge in [0.15, 0.2) is 0 Å². The molecule has 74 valence electrons. The van der Waals surface area contributed by atoms with Crippen molar-refractivity contribution in [1.82, 2.24) is 5.32 Å². The lowest BCUT2D eigenvalue weighted by Gasteiger charge is -2.28. The van der Waals surface area contributed by atoms with E-state index in [0.29, 0.717) is 6.54 Å². The Bertz CT molecular complexity index is 336. The van der Waals surface area contributed by atoms with Crippen molar-refractivity contribution in [3.63, 3.8) is 0 Å². The standard InChI is InChI=1S/C10H11BrN2O/c11-8-1-3-9(4-2-8)13-6-5-12-10(14)7-13/h1-4H,5-7H2,(H,12,14). The molecule has 2 rings (SSSR count). The van der Waals surface area contributed by atoms with Gasteiger partial charge < -0.3 is 10.2 Å². The number of hydrogen-bond donors (Lipinski definition) is 1. The van der Waals surface area contributed by atoms with Gasteiger partial charge in [0.1, 0.15) is 0 Å². The van der Waals surface area contributed by atoms with Gasteiger partial charge in [0, 0.05) is 23.2 Å². The van der Waals surface area contributed by atoms with Gasteiger partial charge in [-0.25, -0.2) is 0 Å². The Morgan fingerprint density at radius 3 is 2.64 bits per heavy atom. The maximum atomic E-state index is 11.2. The fourth-order valence-electron chi connectivity index (χ4n) is 1.51. The summed E-state index contributed by atoms with van der Waals surface area (Å²) in [6, 6.07) is 8.01. The molecular weight excluding hydrogens is 244 g/mol. The summed E-state index contributed by atoms with van der Waals surface area (Å²) in [4.78, 5) is 13.2. The highest BCUT2D eigenvalue weighted by molar-refractivity contribution is 9.10. The molecule has 1 aliphatic heterocycles. The minimum Gasteiger partial charge on any atom is -0.360 e. The van der Waals surface area contributed by atoms with Gasteiger partial charge in [-0.2, -0.15) is 0 Å². The third-order valence-electron chi connectivity index (χ3n) is 2.23. The van der Waals surface area contributed by atoms with Gasteiger partial charge in [-0.3, -0.25) is 4.79 Å². The Balaban J connectivity index is 2.14. The van der Waals surface area contributed by atoms with Crippen LogP contribution < -0.4 is 10.2 Å². The van der Waals surface area contributed by atoms with E-state index in [9.17, 15) is 4.79 Å². The van der Waals surface area contributed by atoms with Crippen molar-refractivity contribution in [2.75, 3.05) is 24.5 Å². The molecule has 1 heterocycles. The van der Waals surface area contributed by atoms with E-state index in [1.807, 2.05) is 24.3 Å². The summed E-state index contributed by atoms with van der Waals surface area (Å²) in [6.07, 6.45) is 0. The number of hydrogen-bond acceptors (Lipinski definition) is 2. The van der Waals surface area contributed by atoms with Crippen LogP contribution in [0.15, 0.2) is 28.7 Å². The zero-order valence-electron chi connectivity index (χ0n) is 7.66. The van der Waals surface area contributed by atoms with Crippen LogP contribution in [0, 0.1) is 0 Å². The van der Waals surface area contributed by atoms with Crippen molar-refractivity contribution in [3.05, 3.63) is 28.7 Å². The zero-order chi connectivity index (χ0) is 9.97. The molecule has 1 aliphatic rings. The highest BCUT2D eigenvalue weighted by Gasteiger charge is 2.15. The summed E-state index contributed by atoms with van der Waals surface area (Å²) < 4.78 is 1.06. The first-order valence-electron chi connectivity index (χ1n) is 4.53. The van der Waals surface area contributed by atoms with Crippen LogP contribution in [0.3, 0.4) is 0 Å². The van der Waals surface area contributed by atoms with Crippen molar-refractivity contribution in [2.24, 2.45) is 0 Å². The minimum atomic E-state index is 0.0965. The summed E-state index contributed by atoms with van der Waals surface area (Å²) in [5.74, 6) is 0.0965. The van der Waals surface area contributed by atoms with Gasteiger partial charge in [-0.1, -0.05) is 15.9 Å². The van der Waals surface area contributed by atoms with E-state index in [-0.39, 0.29) is 5.91 Å². The third kappa shape index (κ3) is 2.07. The Morgan fingerprint density at radius 2 is 2.00 bits per heavy atom. The van der Waals surface area contributed by atoms with Crippen molar-refractivity contribution in [1.29, 1.82) is 0 Å². The van der Waals surface area contributed by atoms with Crippen LogP contribution in [0.1, 0.15) is 0 Å². The van der Waals surface area contributed by atoms with Gasteiger partial charge in [0.25, 0.3) is 0 Å². The van der Waals surface area contributed by atoms with Crippen LogP contribution in [0.2, 0.25) is 0 Å². The van der Waals surface area contributed by atoms with E-state index in [1.54, 1.807) is 0 Å². The van der Waals surface area contributed by atoms with Crippen LogP contribution in [0.4, 0.5) is 5.69 Å². The van der Waals surface area contributed by atoms with E-state index in [0.717, 1.165) is 23.2 Å². The molecule has 0 aliphatic carbocycles. The Hall–Kier alpha value is -1.03. The van der Waals surface area contributed by atoms with Crippen LogP contribution in [0.5, 0.6) is 0 Å². The summed E-state index contributed by atoms with van der Waals surface area (Å²) in [5, 5.41) is 2.80. The van der Waals surface area contributed by atoms with Crippen LogP contribution in [-0.2, 0) is 4.79 Å². The van der Waals surface area contributed by atoms with Gasteiger partial charge in [0.2, 0.25) is 5.91 Å². The fraction of sp³-hybridized carbons (Fsp3) is 0.300. The lowest BCUT2D eigenvalue weighted by Crippen LogP contribution is -2.47. The van der Waals surface area contributed by atoms with Crippen molar-refractivity contribution < 1.29 is 4.79 Å². The molecule has 1 aromatic carbocycles. The van der Waals surface area contributed by atoms with Gasteiger partial charge in [-0.15, -0.1) is 0 Å². The highest BCUT2D eigenvalue weighted by Crippen LogP contribution is 2.18. The molecule has 0 unspecified atom stereocenters. The number of halogens is 1. The molecule has 1 N–H and O–H groups in total. The molecule has 1 amide bonds. The molecular formula is C10H11BrN2O. The monoisotopic (exact) mass is 254 g/mol. The van der Waals surface area contributed by atoms with Crippen LogP contribution in [0.25, 0.3) is 0 Å². The van der Waals surface area contributed by atoms with Crippen molar-refractivity contribution >= 4 is 27.5 Å². The van der Waals surface area contributed by atoms with E-state index in [1.165, 1.54) is 0 Å². The number of amides is 1. The number of piperazine rings is 1. The van der Waals surface area contributed by atoms with E-state index in [2.05, 4.69) is 26.1 Å². The Labute approximate surface area is 91.2 Å². The Morgan fingerprint density at radius 1 is 1.29 bits per heavy atom. The lowest BCUT2D eigenvalue weighted by molar-refractivity contribution is -0.120. The normalized spacial score (nSPS) is 16.6. The number of nitrogens with zero attached hydrogens (tertiary/aromatic N) is 1. The maximum Gasteiger partial charge on any atom is 0.239 e. The van der Waals surface area contributed by atoms with Crippen LogP contribution >= 0.6 is 15.9 Å². The first kappa shape index (κ1) is 9.52. The summed E-state index contributed by atoms with van der Waals surface area (Å²) in [7, 11) is 0. The molecule has 1 aromatic rings. The quantitative estimate of drug-likeness (QED) is 0.822. The smallest absolute Gasteiger partial charge is 0.239 e. The molecule has 0 atom stereocenters. The van der Waals surface area contributed by atoms with E-state index in [4.69, 9.17) is 0 Å². The summed E-state index contributed by atoms with van der Waals surface area (Å²) >= 11 is 3.38. The summed E-state index contributed by atoms with van der Waals surface area (Å²) in [6.45, 7) is 2.07. The highest BCUT2D eigenvalue weighted by atomic mass is 79.9. The number of benzene rings is 1. The number of nitrogens with one attached hydrogen (secondary N) is 1. The number of carbonyl (C=O) groups is 1. The predicted octanol–water partition coefficient (Wildman–Crippen LogP) is 1.39. The van der Waals surface area contributed by atoms with Gasteiger partial charge in [0.05, 0.1) is 6.54 Å². The number of carbonyl (C=O) groups excluding carboxylic acids is 1. The van der Waals surface area contributed by atoms with Gasteiger partial charge in [-0.05, 0) is 24.3 Å². The molecule has 4 heteroatoms. The first-order chi connectivity index (χ1) is 6.75. The second kappa shape index (κ2) is 4.00. The largest absolute Gasteiger partial charge is 0.360 e.